The van der Waals surface area contributed by atoms with Gasteiger partial charge in [-0.1, -0.05) is 181 Å². The molecule has 4 nitrogen and oxygen atoms in total. The molecule has 4 heteroatoms. The van der Waals surface area contributed by atoms with Gasteiger partial charge in [-0.25, -0.2) is 0 Å². The molecule has 0 aliphatic heterocycles. The molecule has 0 radical (unpaired) electrons. The van der Waals surface area contributed by atoms with E-state index in [9.17, 15) is 0 Å². The maximum atomic E-state index is 7.19. The monoisotopic (exact) mass is 952 g/mol. The molecule has 354 valence electrons. The lowest BCUT2D eigenvalue weighted by Crippen LogP contribution is -2.14. The predicted molar refractivity (Wildman–Crippen MR) is 313 cm³/mol. The Morgan fingerprint density at radius 3 is 1.04 bits per heavy atom. The first-order chi connectivity index (χ1) is 36.2. The molecule has 0 spiro atoms. The number of fused-ring (bicyclic) bond motifs is 6. The van der Waals surface area contributed by atoms with E-state index < -0.39 is 0 Å². The lowest BCUT2D eigenvalue weighted by molar-refractivity contribution is 0.670. The van der Waals surface area contributed by atoms with Crippen LogP contribution in [0.25, 0.3) is 98.4 Å². The Bertz CT molecular complexity index is 4270. The summed E-state index contributed by atoms with van der Waals surface area (Å²) in [6.45, 7) is 13.3. The van der Waals surface area contributed by atoms with Crippen LogP contribution >= 0.6 is 0 Å². The van der Waals surface area contributed by atoms with E-state index in [1.807, 2.05) is 0 Å². The molecule has 0 fully saturated rings. The molecule has 0 saturated heterocycles. The van der Waals surface area contributed by atoms with Gasteiger partial charge >= 0.3 is 0 Å². The van der Waals surface area contributed by atoms with Gasteiger partial charge in [0.25, 0.3) is 0 Å². The van der Waals surface area contributed by atoms with Crippen molar-refractivity contribution in [1.82, 2.24) is 0 Å². The fraction of sp³-hybridized carbons (Fsp3) is 0.0857. The Kier molecular flexibility index (Phi) is 9.87. The van der Waals surface area contributed by atoms with Crippen molar-refractivity contribution in [2.75, 3.05) is 9.80 Å². The molecule has 74 heavy (non-hydrogen) atoms. The molecule has 14 rings (SSSR count). The lowest BCUT2D eigenvalue weighted by Gasteiger charge is -2.31. The van der Waals surface area contributed by atoms with Gasteiger partial charge in [0.1, 0.15) is 11.2 Å². The highest BCUT2D eigenvalue weighted by atomic mass is 16.3. The zero-order valence-corrected chi connectivity index (χ0v) is 42.3. The fourth-order valence-corrected chi connectivity index (χ4v) is 12.2. The van der Waals surface area contributed by atoms with Crippen molar-refractivity contribution in [3.8, 4) is 22.3 Å². The number of aryl methyl sites for hydroxylation is 6. The highest BCUT2D eigenvalue weighted by Gasteiger charge is 2.28. The van der Waals surface area contributed by atoms with Crippen LogP contribution in [0.5, 0.6) is 0 Å². The average Bonchev–Trinajstić information content (AvgIpc) is 4.01. The second-order valence-electron chi connectivity index (χ2n) is 20.4. The van der Waals surface area contributed by atoms with Crippen LogP contribution in [0.4, 0.5) is 34.1 Å². The normalized spacial score (nSPS) is 11.9. The first-order valence-corrected chi connectivity index (χ1v) is 25.7. The van der Waals surface area contributed by atoms with Crippen LogP contribution < -0.4 is 9.80 Å². The van der Waals surface area contributed by atoms with Crippen LogP contribution in [-0.2, 0) is 0 Å². The van der Waals surface area contributed by atoms with Gasteiger partial charge in [-0.3, -0.25) is 0 Å². The number of benzene rings is 12. The van der Waals surface area contributed by atoms with Gasteiger partial charge in [-0.2, -0.15) is 0 Å². The summed E-state index contributed by atoms with van der Waals surface area (Å²) in [4.78, 5) is 4.92. The summed E-state index contributed by atoms with van der Waals surface area (Å²) in [6, 6.07) is 75.2. The lowest BCUT2D eigenvalue weighted by atomic mass is 9.88. The van der Waals surface area contributed by atoms with E-state index in [1.165, 1.54) is 65.7 Å². The van der Waals surface area contributed by atoms with Crippen molar-refractivity contribution in [3.05, 3.63) is 240 Å². The standard InChI is InChI=1S/C70H52N2O2/c1-41-29-35-59(45(5)37-41)71(61-27-15-25-55-53-23-13-21-51(67(53)73-69(55)61)47-17-9-7-10-18-47)63-39-43(3)49-32-34-58-64(40-44(4)50-31-33-57(63)65(49)66(50)58)72(60-36-30-42(2)38-46(60)6)62-28-16-26-56-54-24-14-22-52(68(54)74-70(56)62)48-19-11-8-12-20-48/h7-40H,1-6H3. The van der Waals surface area contributed by atoms with E-state index in [1.54, 1.807) is 0 Å². The third-order valence-electron chi connectivity index (χ3n) is 15.6. The van der Waals surface area contributed by atoms with Crippen molar-refractivity contribution < 1.29 is 8.83 Å². The summed E-state index contributed by atoms with van der Waals surface area (Å²) < 4.78 is 14.4. The number of rotatable bonds is 8. The van der Waals surface area contributed by atoms with Crippen LogP contribution in [0.2, 0.25) is 0 Å². The van der Waals surface area contributed by atoms with E-state index >= 15 is 0 Å². The van der Waals surface area contributed by atoms with Gasteiger partial charge in [-0.15, -0.1) is 0 Å². The van der Waals surface area contributed by atoms with Gasteiger partial charge in [0.2, 0.25) is 0 Å². The maximum absolute atomic E-state index is 7.19. The Balaban J connectivity index is 1.05. The number of nitrogens with zero attached hydrogens (tertiary/aromatic N) is 2. The molecule has 2 heterocycles. The summed E-state index contributed by atoms with van der Waals surface area (Å²) in [7, 11) is 0. The third-order valence-corrected chi connectivity index (χ3v) is 15.6. The smallest absolute Gasteiger partial charge is 0.159 e. The van der Waals surface area contributed by atoms with Crippen molar-refractivity contribution in [2.45, 2.75) is 41.5 Å². The SMILES string of the molecule is Cc1ccc(N(c2cc(C)c3ccc4c(N(c5ccc(C)cc5C)c5cccc6c5oc5c(-c7ccccc7)cccc56)cc(C)c5ccc2c3c54)c2cccc3c2oc2c(-c4ccccc4)cccc23)c(C)c1. The number of furan rings is 2. The average molecular weight is 953 g/mol. The molecule has 0 N–H and O–H groups in total. The van der Waals surface area contributed by atoms with Gasteiger partial charge < -0.3 is 18.6 Å². The van der Waals surface area contributed by atoms with Crippen molar-refractivity contribution in [3.63, 3.8) is 0 Å². The molecule has 14 aromatic rings. The van der Waals surface area contributed by atoms with Crippen LogP contribution in [0.15, 0.2) is 215 Å². The molecule has 0 bridgehead atoms. The summed E-state index contributed by atoms with van der Waals surface area (Å²) in [5.74, 6) is 0. The zero-order chi connectivity index (χ0) is 49.9. The second-order valence-corrected chi connectivity index (χ2v) is 20.4. The first-order valence-electron chi connectivity index (χ1n) is 25.7. The highest BCUT2D eigenvalue weighted by molar-refractivity contribution is 6.30. The van der Waals surface area contributed by atoms with Gasteiger partial charge in [0, 0.05) is 54.8 Å². The molecular weight excluding hydrogens is 901 g/mol. The molecule has 0 aliphatic carbocycles. The summed E-state index contributed by atoms with van der Waals surface area (Å²) in [5, 5.41) is 11.7. The molecule has 0 saturated carbocycles. The number of hydrogen-bond donors (Lipinski definition) is 0. The van der Waals surface area contributed by atoms with Crippen LogP contribution in [0, 0.1) is 41.5 Å². The van der Waals surface area contributed by atoms with Crippen LogP contribution in [0.3, 0.4) is 0 Å². The maximum Gasteiger partial charge on any atom is 0.159 e. The highest BCUT2D eigenvalue weighted by Crippen LogP contribution is 2.53. The number of hydrogen-bond acceptors (Lipinski definition) is 4. The van der Waals surface area contributed by atoms with Crippen molar-refractivity contribution in [2.24, 2.45) is 0 Å². The molecular formula is C70H52N2O2. The Hall–Kier alpha value is -9.12. The Morgan fingerprint density at radius 1 is 0.257 bits per heavy atom. The van der Waals surface area contributed by atoms with Gasteiger partial charge in [-0.05, 0) is 133 Å². The minimum absolute atomic E-state index is 0.854. The zero-order valence-electron chi connectivity index (χ0n) is 42.3. The van der Waals surface area contributed by atoms with E-state index in [0.29, 0.717) is 0 Å². The minimum atomic E-state index is 0.854. The largest absolute Gasteiger partial charge is 0.453 e. The molecule has 0 aliphatic rings. The van der Waals surface area contributed by atoms with Crippen LogP contribution in [-0.4, -0.2) is 0 Å². The second kappa shape index (κ2) is 16.7. The molecule has 0 atom stereocenters. The van der Waals surface area contributed by atoms with Crippen molar-refractivity contribution >= 4 is 110 Å². The third kappa shape index (κ3) is 6.61. The molecule has 12 aromatic carbocycles. The molecule has 0 unspecified atom stereocenters. The number of para-hydroxylation sites is 4. The topological polar surface area (TPSA) is 32.8 Å². The first kappa shape index (κ1) is 43.7. The van der Waals surface area contributed by atoms with Gasteiger partial charge in [0.15, 0.2) is 11.2 Å². The van der Waals surface area contributed by atoms with Gasteiger partial charge in [0.05, 0.1) is 22.7 Å². The summed E-state index contributed by atoms with van der Waals surface area (Å²) >= 11 is 0. The van der Waals surface area contributed by atoms with E-state index in [0.717, 1.165) is 100 Å². The minimum Gasteiger partial charge on any atom is -0.453 e. The molecule has 2 aromatic heterocycles. The number of anilines is 6. The summed E-state index contributed by atoms with van der Waals surface area (Å²) in [6.07, 6.45) is 0. The summed E-state index contributed by atoms with van der Waals surface area (Å²) in [5.41, 5.74) is 21.5. The Labute approximate surface area is 430 Å². The Morgan fingerprint density at radius 2 is 0.635 bits per heavy atom. The fourth-order valence-electron chi connectivity index (χ4n) is 12.2. The van der Waals surface area contributed by atoms with E-state index in [-0.39, 0.29) is 0 Å². The predicted octanol–water partition coefficient (Wildman–Crippen LogP) is 20.5. The van der Waals surface area contributed by atoms with E-state index in [4.69, 9.17) is 8.83 Å². The van der Waals surface area contributed by atoms with E-state index in [2.05, 4.69) is 258 Å². The quantitative estimate of drug-likeness (QED) is 0.142. The molecule has 0 amide bonds. The van der Waals surface area contributed by atoms with Crippen molar-refractivity contribution in [1.29, 1.82) is 0 Å². The van der Waals surface area contributed by atoms with Crippen LogP contribution in [0.1, 0.15) is 33.4 Å².